The molecular weight excluding hydrogens is 591 g/mol. The van der Waals surface area contributed by atoms with Gasteiger partial charge in [-0.15, -0.1) is 11.3 Å². The molecule has 0 aliphatic carbocycles. The highest BCUT2D eigenvalue weighted by atomic mass is 32.1. The zero-order chi connectivity index (χ0) is 31.1. The summed E-state index contributed by atoms with van der Waals surface area (Å²) in [6.07, 6.45) is 0. The van der Waals surface area contributed by atoms with Gasteiger partial charge in [-0.2, -0.15) is 0 Å². The molecule has 3 aromatic heterocycles. The maximum absolute atomic E-state index is 7.71. The number of hydrogen-bond acceptors (Lipinski definition) is 1. The molecule has 0 saturated carbocycles. The summed E-state index contributed by atoms with van der Waals surface area (Å²) < 4.78 is 7.04. The molecule has 0 unspecified atom stereocenters. The van der Waals surface area contributed by atoms with E-state index in [2.05, 4.69) is 154 Å². The molecule has 7 aromatic carbocycles. The number of aromatic nitrogens is 2. The van der Waals surface area contributed by atoms with Crippen LogP contribution in [0.25, 0.3) is 91.1 Å². The highest BCUT2D eigenvalue weighted by molar-refractivity contribution is 7.26. The zero-order valence-corrected chi connectivity index (χ0v) is 26.0. The Morgan fingerprint density at radius 1 is 0.426 bits per heavy atom. The summed E-state index contributed by atoms with van der Waals surface area (Å²) in [5, 5.41) is 7.32. The lowest BCUT2D eigenvalue weighted by Gasteiger charge is -2.13. The number of nitrogens with zero attached hydrogens (tertiary/aromatic N) is 3. The van der Waals surface area contributed by atoms with Gasteiger partial charge in [0, 0.05) is 47.7 Å². The van der Waals surface area contributed by atoms with Gasteiger partial charge < -0.3 is 9.13 Å². The maximum Gasteiger partial charge on any atom is 0.204 e. The smallest absolute Gasteiger partial charge is 0.204 e. The van der Waals surface area contributed by atoms with Gasteiger partial charge >= 0.3 is 0 Å². The van der Waals surface area contributed by atoms with E-state index in [4.69, 9.17) is 6.57 Å². The van der Waals surface area contributed by atoms with Crippen LogP contribution in [0, 0.1) is 6.57 Å². The topological polar surface area (TPSA) is 14.2 Å². The van der Waals surface area contributed by atoms with Gasteiger partial charge in [0.25, 0.3) is 0 Å². The maximum atomic E-state index is 7.71. The van der Waals surface area contributed by atoms with Gasteiger partial charge in [0.1, 0.15) is 0 Å². The third-order valence-electron chi connectivity index (χ3n) is 9.51. The Morgan fingerprint density at radius 2 is 0.936 bits per heavy atom. The molecule has 218 valence electrons. The van der Waals surface area contributed by atoms with Crippen molar-refractivity contribution >= 4 is 80.8 Å². The number of benzene rings is 7. The fraction of sp³-hybridized carbons (Fsp3) is 0. The van der Waals surface area contributed by atoms with Gasteiger partial charge in [0.15, 0.2) is 0 Å². The first-order valence-electron chi connectivity index (χ1n) is 15.7. The fourth-order valence-corrected chi connectivity index (χ4v) is 8.64. The Morgan fingerprint density at radius 3 is 1.53 bits per heavy atom. The van der Waals surface area contributed by atoms with Crippen LogP contribution in [0.5, 0.6) is 0 Å². The minimum absolute atomic E-state index is 0.719. The normalized spacial score (nSPS) is 11.8. The lowest BCUT2D eigenvalue weighted by Crippen LogP contribution is -1.96. The van der Waals surface area contributed by atoms with E-state index in [0.29, 0.717) is 0 Å². The minimum Gasteiger partial charge on any atom is -0.309 e. The average Bonchev–Trinajstić information content (AvgIpc) is 3.78. The molecule has 0 atom stereocenters. The van der Waals surface area contributed by atoms with Crippen molar-refractivity contribution in [1.82, 2.24) is 9.13 Å². The van der Waals surface area contributed by atoms with Crippen LogP contribution in [0.4, 0.5) is 5.69 Å². The van der Waals surface area contributed by atoms with Gasteiger partial charge in [-0.3, -0.25) is 0 Å². The molecule has 0 radical (unpaired) electrons. The Kier molecular flexibility index (Phi) is 5.51. The number of fused-ring (bicyclic) bond motifs is 9. The molecule has 0 spiro atoms. The van der Waals surface area contributed by atoms with Crippen molar-refractivity contribution < 1.29 is 0 Å². The molecule has 0 aliphatic rings. The zero-order valence-electron chi connectivity index (χ0n) is 25.2. The van der Waals surface area contributed by atoms with E-state index in [-0.39, 0.29) is 0 Å². The largest absolute Gasteiger partial charge is 0.309 e. The predicted molar refractivity (Wildman–Crippen MR) is 200 cm³/mol. The van der Waals surface area contributed by atoms with Crippen LogP contribution in [0.15, 0.2) is 152 Å². The van der Waals surface area contributed by atoms with Crippen LogP contribution in [-0.4, -0.2) is 9.13 Å². The van der Waals surface area contributed by atoms with Crippen LogP contribution in [0.2, 0.25) is 0 Å². The second kappa shape index (κ2) is 9.92. The van der Waals surface area contributed by atoms with Gasteiger partial charge in [-0.05, 0) is 71.1 Å². The molecule has 0 amide bonds. The van der Waals surface area contributed by atoms with E-state index < -0.39 is 0 Å². The third-order valence-corrected chi connectivity index (χ3v) is 10.7. The molecule has 0 N–H and O–H groups in total. The summed E-state index contributed by atoms with van der Waals surface area (Å²) in [6.45, 7) is 7.71. The van der Waals surface area contributed by atoms with Crippen molar-refractivity contribution in [2.24, 2.45) is 0 Å². The van der Waals surface area contributed by atoms with Crippen molar-refractivity contribution in [2.75, 3.05) is 0 Å². The van der Waals surface area contributed by atoms with E-state index in [1.807, 2.05) is 12.1 Å². The number of para-hydroxylation sites is 3. The van der Waals surface area contributed by atoms with Crippen molar-refractivity contribution in [1.29, 1.82) is 0 Å². The van der Waals surface area contributed by atoms with Crippen molar-refractivity contribution in [2.45, 2.75) is 0 Å². The fourth-order valence-electron chi connectivity index (χ4n) is 7.46. The van der Waals surface area contributed by atoms with E-state index in [1.54, 1.807) is 11.3 Å². The Bertz CT molecular complexity index is 2880. The van der Waals surface area contributed by atoms with Crippen molar-refractivity contribution in [3.8, 4) is 22.5 Å². The van der Waals surface area contributed by atoms with Gasteiger partial charge in [0.2, 0.25) is 5.69 Å². The lowest BCUT2D eigenvalue weighted by molar-refractivity contribution is 1.17. The third kappa shape index (κ3) is 3.78. The SMILES string of the molecule is [C-]#[N+]c1cccc2c1sc1cc3c4ccccc4n(-c4cccc(-c5cccc(-n6c7ccccc7c7ccccc76)c5)c4)c3cc12. The first-order chi connectivity index (χ1) is 23.3. The predicted octanol–water partition coefficient (Wildman–Crippen LogP) is 12.5. The van der Waals surface area contributed by atoms with Gasteiger partial charge in [-0.25, -0.2) is 4.85 Å². The van der Waals surface area contributed by atoms with Crippen LogP contribution < -0.4 is 0 Å². The molecular formula is C43H25N3S. The minimum atomic E-state index is 0.719. The molecule has 0 fully saturated rings. The number of rotatable bonds is 3. The Balaban J connectivity index is 1.18. The monoisotopic (exact) mass is 615 g/mol. The van der Waals surface area contributed by atoms with Gasteiger partial charge in [0.05, 0.1) is 28.6 Å². The van der Waals surface area contributed by atoms with Crippen molar-refractivity contribution in [3.63, 3.8) is 0 Å². The van der Waals surface area contributed by atoms with Crippen molar-refractivity contribution in [3.05, 3.63) is 163 Å². The Labute approximate surface area is 274 Å². The summed E-state index contributed by atoms with van der Waals surface area (Å²) in [6, 6.07) is 54.5. The summed E-state index contributed by atoms with van der Waals surface area (Å²) in [5.74, 6) is 0. The second-order valence-corrected chi connectivity index (χ2v) is 13.1. The highest BCUT2D eigenvalue weighted by Crippen LogP contribution is 2.43. The summed E-state index contributed by atoms with van der Waals surface area (Å²) in [4.78, 5) is 3.81. The molecule has 0 bridgehead atoms. The van der Waals surface area contributed by atoms with E-state index in [0.717, 1.165) is 27.1 Å². The van der Waals surface area contributed by atoms with Crippen LogP contribution in [0.1, 0.15) is 0 Å². The second-order valence-electron chi connectivity index (χ2n) is 12.1. The molecule has 3 heterocycles. The van der Waals surface area contributed by atoms with E-state index in [1.165, 1.54) is 64.8 Å². The van der Waals surface area contributed by atoms with Crippen LogP contribution in [-0.2, 0) is 0 Å². The quantitative estimate of drug-likeness (QED) is 0.176. The van der Waals surface area contributed by atoms with E-state index in [9.17, 15) is 0 Å². The molecule has 4 heteroatoms. The first kappa shape index (κ1) is 26.1. The standard InChI is InChI=1S/C43H25N3S/c1-44-37-19-10-18-34-36-25-41-35(26-42(36)47-43(34)37)33-17-4-7-22-40(33)46(41)30-14-9-12-28(24-30)27-11-8-13-29(23-27)45-38-20-5-2-15-31(38)32-16-3-6-21-39(32)45/h2-26H. The summed E-state index contributed by atoms with van der Waals surface area (Å²) in [5.41, 5.74) is 10.1. The molecule has 0 aliphatic heterocycles. The first-order valence-corrected chi connectivity index (χ1v) is 16.5. The molecule has 47 heavy (non-hydrogen) atoms. The highest BCUT2D eigenvalue weighted by Gasteiger charge is 2.17. The van der Waals surface area contributed by atoms with Crippen LogP contribution in [0.3, 0.4) is 0 Å². The molecule has 10 aromatic rings. The number of hydrogen-bond donors (Lipinski definition) is 0. The summed E-state index contributed by atoms with van der Waals surface area (Å²) in [7, 11) is 0. The molecule has 0 saturated heterocycles. The summed E-state index contributed by atoms with van der Waals surface area (Å²) >= 11 is 1.72. The molecule has 10 rings (SSSR count). The average molecular weight is 616 g/mol. The van der Waals surface area contributed by atoms with Crippen LogP contribution >= 0.6 is 11.3 Å². The van der Waals surface area contributed by atoms with Gasteiger partial charge in [-0.1, -0.05) is 97.1 Å². The van der Waals surface area contributed by atoms with E-state index >= 15 is 0 Å². The lowest BCUT2D eigenvalue weighted by atomic mass is 10.0. The Hall–Kier alpha value is -6.15. The molecule has 3 nitrogen and oxygen atoms in total. The number of thiophene rings is 1.